The molecule has 0 bridgehead atoms. The van der Waals surface area contributed by atoms with E-state index < -0.39 is 11.4 Å². The molecule has 5 nitrogen and oxygen atoms in total. The van der Waals surface area contributed by atoms with Gasteiger partial charge in [0, 0.05) is 6.54 Å². The van der Waals surface area contributed by atoms with Gasteiger partial charge in [-0.1, -0.05) is 79.4 Å². The van der Waals surface area contributed by atoms with E-state index in [1.165, 1.54) is 6.26 Å². The molecule has 1 aliphatic rings. The van der Waals surface area contributed by atoms with Crippen molar-refractivity contribution in [2.24, 2.45) is 11.7 Å². The summed E-state index contributed by atoms with van der Waals surface area (Å²) < 4.78 is 5.49. The highest BCUT2D eigenvalue weighted by Gasteiger charge is 2.53. The van der Waals surface area contributed by atoms with Gasteiger partial charge in [0.15, 0.2) is 5.76 Å². The summed E-state index contributed by atoms with van der Waals surface area (Å²) in [5, 5.41) is 0. The van der Waals surface area contributed by atoms with Crippen molar-refractivity contribution in [1.29, 1.82) is 0 Å². The van der Waals surface area contributed by atoms with Crippen LogP contribution in [0.3, 0.4) is 0 Å². The minimum Gasteiger partial charge on any atom is -0.459 e. The number of primary amides is 1. The van der Waals surface area contributed by atoms with Gasteiger partial charge in [0.1, 0.15) is 5.54 Å². The molecule has 0 radical (unpaired) electrons. The summed E-state index contributed by atoms with van der Waals surface area (Å²) in [6.07, 6.45) is 6.32. The van der Waals surface area contributed by atoms with Gasteiger partial charge in [-0.15, -0.1) is 0 Å². The topological polar surface area (TPSA) is 76.5 Å². The van der Waals surface area contributed by atoms with Crippen LogP contribution >= 0.6 is 0 Å². The Morgan fingerprint density at radius 1 is 0.969 bits per heavy atom. The number of carbonyl (C=O) groups is 2. The molecule has 1 aliphatic carbocycles. The van der Waals surface area contributed by atoms with Crippen molar-refractivity contribution in [3.8, 4) is 0 Å². The van der Waals surface area contributed by atoms with Crippen LogP contribution in [-0.2, 0) is 16.9 Å². The molecule has 1 aromatic heterocycles. The first-order valence-electron chi connectivity index (χ1n) is 11.3. The van der Waals surface area contributed by atoms with E-state index in [0.29, 0.717) is 0 Å². The molecule has 1 heterocycles. The smallest absolute Gasteiger partial charge is 0.291 e. The highest BCUT2D eigenvalue weighted by molar-refractivity contribution is 5.98. The molecule has 4 rings (SSSR count). The first-order valence-corrected chi connectivity index (χ1v) is 11.3. The summed E-state index contributed by atoms with van der Waals surface area (Å²) in [5.41, 5.74) is 7.76. The van der Waals surface area contributed by atoms with Crippen LogP contribution in [0.5, 0.6) is 0 Å². The third-order valence-corrected chi connectivity index (χ3v) is 6.65. The SMILES string of the molecule is Cc1ccc(C(C(N)=O)(C2CCCCC2)N(Cc2ccccc2)C(=O)c2ccco2)cc1. The molecule has 5 heteroatoms. The summed E-state index contributed by atoms with van der Waals surface area (Å²) in [6, 6.07) is 20.9. The van der Waals surface area contributed by atoms with Crippen LogP contribution in [-0.4, -0.2) is 16.7 Å². The van der Waals surface area contributed by atoms with Gasteiger partial charge >= 0.3 is 0 Å². The average Bonchev–Trinajstić information content (AvgIpc) is 3.36. The maximum atomic E-state index is 13.9. The standard InChI is InChI=1S/C27H30N2O3/c1-20-14-16-23(17-15-20)27(26(28)31,22-11-6-3-7-12-22)29(19-21-9-4-2-5-10-21)25(30)24-13-8-18-32-24/h2,4-5,8-10,13-18,22H,3,6-7,11-12,19H2,1H3,(H2,28,31). The Bertz CT molecular complexity index is 1040. The molecule has 1 unspecified atom stereocenters. The zero-order valence-corrected chi connectivity index (χ0v) is 18.5. The van der Waals surface area contributed by atoms with Crippen LogP contribution in [0.4, 0.5) is 0 Å². The van der Waals surface area contributed by atoms with Gasteiger partial charge < -0.3 is 15.1 Å². The summed E-state index contributed by atoms with van der Waals surface area (Å²) in [7, 11) is 0. The van der Waals surface area contributed by atoms with E-state index in [0.717, 1.165) is 48.8 Å². The maximum absolute atomic E-state index is 13.9. The van der Waals surface area contributed by atoms with Crippen molar-refractivity contribution in [3.63, 3.8) is 0 Å². The largest absolute Gasteiger partial charge is 0.459 e. The predicted octanol–water partition coefficient (Wildman–Crippen LogP) is 5.19. The number of hydrogen-bond acceptors (Lipinski definition) is 3. The van der Waals surface area contributed by atoms with Crippen molar-refractivity contribution in [2.45, 2.75) is 51.1 Å². The third kappa shape index (κ3) is 4.07. The lowest BCUT2D eigenvalue weighted by molar-refractivity contribution is -0.135. The second-order valence-corrected chi connectivity index (χ2v) is 8.69. The molecular formula is C27H30N2O3. The number of nitrogens with two attached hydrogens (primary N) is 1. The molecule has 1 saturated carbocycles. The van der Waals surface area contributed by atoms with E-state index in [1.54, 1.807) is 17.0 Å². The Kier molecular flexibility index (Phi) is 6.45. The van der Waals surface area contributed by atoms with Crippen LogP contribution in [0.15, 0.2) is 77.4 Å². The summed E-state index contributed by atoms with van der Waals surface area (Å²) in [5.74, 6) is -0.693. The molecule has 2 amide bonds. The molecule has 32 heavy (non-hydrogen) atoms. The monoisotopic (exact) mass is 430 g/mol. The number of amides is 2. The lowest BCUT2D eigenvalue weighted by Gasteiger charge is -2.48. The second-order valence-electron chi connectivity index (χ2n) is 8.69. The minimum atomic E-state index is -1.27. The average molecular weight is 431 g/mol. The van der Waals surface area contributed by atoms with Crippen molar-refractivity contribution < 1.29 is 14.0 Å². The lowest BCUT2D eigenvalue weighted by atomic mass is 9.69. The molecule has 1 atom stereocenters. The highest BCUT2D eigenvalue weighted by atomic mass is 16.3. The van der Waals surface area contributed by atoms with Gasteiger partial charge in [-0.3, -0.25) is 9.59 Å². The Labute approximate surface area is 189 Å². The minimum absolute atomic E-state index is 0.0703. The Morgan fingerprint density at radius 2 is 1.66 bits per heavy atom. The molecule has 2 N–H and O–H groups in total. The first kappa shape index (κ1) is 21.9. The molecular weight excluding hydrogens is 400 g/mol. The molecule has 0 aliphatic heterocycles. The summed E-state index contributed by atoms with van der Waals surface area (Å²) in [4.78, 5) is 29.0. The van der Waals surface area contributed by atoms with E-state index >= 15 is 0 Å². The lowest BCUT2D eigenvalue weighted by Crippen LogP contribution is -2.61. The fraction of sp³-hybridized carbons (Fsp3) is 0.333. The number of hydrogen-bond donors (Lipinski definition) is 1. The van der Waals surface area contributed by atoms with E-state index in [1.807, 2.05) is 61.5 Å². The highest BCUT2D eigenvalue weighted by Crippen LogP contribution is 2.45. The molecule has 0 spiro atoms. The third-order valence-electron chi connectivity index (χ3n) is 6.65. The predicted molar refractivity (Wildman–Crippen MR) is 124 cm³/mol. The van der Waals surface area contributed by atoms with Gasteiger partial charge in [-0.25, -0.2) is 0 Å². The maximum Gasteiger partial charge on any atom is 0.291 e. The van der Waals surface area contributed by atoms with E-state index in [9.17, 15) is 9.59 Å². The van der Waals surface area contributed by atoms with Crippen molar-refractivity contribution >= 4 is 11.8 Å². The summed E-state index contributed by atoms with van der Waals surface area (Å²) in [6.45, 7) is 2.26. The van der Waals surface area contributed by atoms with Crippen molar-refractivity contribution in [3.05, 3.63) is 95.4 Å². The Hall–Kier alpha value is -3.34. The fourth-order valence-electron chi connectivity index (χ4n) is 5.07. The van der Waals surface area contributed by atoms with E-state index in [2.05, 4.69) is 0 Å². The summed E-state index contributed by atoms with van der Waals surface area (Å²) >= 11 is 0. The number of furan rings is 1. The van der Waals surface area contributed by atoms with Gasteiger partial charge in [-0.05, 0) is 48.9 Å². The Balaban J connectivity index is 1.93. The van der Waals surface area contributed by atoms with E-state index in [-0.39, 0.29) is 24.1 Å². The number of aryl methyl sites for hydroxylation is 1. The molecule has 166 valence electrons. The number of rotatable bonds is 7. The molecule has 2 aromatic carbocycles. The first-order chi connectivity index (χ1) is 15.5. The number of nitrogens with zero attached hydrogens (tertiary/aromatic N) is 1. The van der Waals surface area contributed by atoms with Crippen LogP contribution in [0, 0.1) is 12.8 Å². The van der Waals surface area contributed by atoms with Gasteiger partial charge in [0.2, 0.25) is 5.91 Å². The van der Waals surface area contributed by atoms with Crippen molar-refractivity contribution in [1.82, 2.24) is 4.90 Å². The van der Waals surface area contributed by atoms with Crippen LogP contribution in [0.1, 0.15) is 59.3 Å². The molecule has 0 saturated heterocycles. The van der Waals surface area contributed by atoms with E-state index in [4.69, 9.17) is 10.2 Å². The normalized spacial score (nSPS) is 16.3. The van der Waals surface area contributed by atoms with Crippen LogP contribution in [0.2, 0.25) is 0 Å². The fourth-order valence-corrected chi connectivity index (χ4v) is 5.07. The second kappa shape index (κ2) is 9.43. The molecule has 3 aromatic rings. The van der Waals surface area contributed by atoms with Crippen LogP contribution in [0.25, 0.3) is 0 Å². The van der Waals surface area contributed by atoms with Crippen LogP contribution < -0.4 is 5.73 Å². The van der Waals surface area contributed by atoms with Crippen molar-refractivity contribution in [2.75, 3.05) is 0 Å². The Morgan fingerprint density at radius 3 is 2.25 bits per heavy atom. The number of benzene rings is 2. The van der Waals surface area contributed by atoms with Gasteiger partial charge in [0.05, 0.1) is 6.26 Å². The molecule has 1 fully saturated rings. The van der Waals surface area contributed by atoms with Gasteiger partial charge in [0.25, 0.3) is 5.91 Å². The number of carbonyl (C=O) groups excluding carboxylic acids is 2. The zero-order chi connectivity index (χ0) is 22.6. The quantitative estimate of drug-likeness (QED) is 0.560. The zero-order valence-electron chi connectivity index (χ0n) is 18.5. The van der Waals surface area contributed by atoms with Gasteiger partial charge in [-0.2, -0.15) is 0 Å².